The van der Waals surface area contributed by atoms with Crippen molar-refractivity contribution in [2.75, 3.05) is 0 Å². The van der Waals surface area contributed by atoms with Crippen molar-refractivity contribution in [2.24, 2.45) is 17.3 Å². The summed E-state index contributed by atoms with van der Waals surface area (Å²) in [5.41, 5.74) is 3.68. The zero-order valence-electron chi connectivity index (χ0n) is 34.5. The molecule has 1 radical (unpaired) electrons. The van der Waals surface area contributed by atoms with Gasteiger partial charge in [0, 0.05) is 49.9 Å². The molecule has 0 saturated heterocycles. The zero-order valence-corrected chi connectivity index (χ0v) is 36.9. The fourth-order valence-electron chi connectivity index (χ4n) is 7.29. The van der Waals surface area contributed by atoms with Gasteiger partial charge in [0.05, 0.1) is 12.5 Å². The van der Waals surface area contributed by atoms with E-state index in [-0.39, 0.29) is 49.9 Å². The minimum absolute atomic E-state index is 0. The third-order valence-electron chi connectivity index (χ3n) is 10.9. The normalized spacial score (nSPS) is 14.6. The molecule has 0 amide bonds. The largest absolute Gasteiger partial charge is 0.512 e. The molecule has 5 rings (SSSR count). The first kappa shape index (κ1) is 43.4. The van der Waals surface area contributed by atoms with E-state index in [4.69, 9.17) is 4.98 Å². The number of carbonyl (C=O) groups excluding carboxylic acids is 1. The third-order valence-corrected chi connectivity index (χ3v) is 14.3. The maximum atomic E-state index is 13.4. The second-order valence-electron chi connectivity index (χ2n) is 15.8. The summed E-state index contributed by atoms with van der Waals surface area (Å²) in [6.07, 6.45) is 2.32. The van der Waals surface area contributed by atoms with Gasteiger partial charge in [-0.2, -0.15) is 13.2 Å². The van der Waals surface area contributed by atoms with Crippen molar-refractivity contribution < 1.29 is 44.5 Å². The average molecular weight is 934 g/mol. The Morgan fingerprint density at radius 2 is 1.54 bits per heavy atom. The number of ketones is 1. The van der Waals surface area contributed by atoms with E-state index in [1.54, 1.807) is 18.3 Å². The van der Waals surface area contributed by atoms with Gasteiger partial charge in [0.1, 0.15) is 8.07 Å². The van der Waals surface area contributed by atoms with Crippen molar-refractivity contribution in [3.63, 3.8) is 0 Å². The van der Waals surface area contributed by atoms with Crippen molar-refractivity contribution in [1.29, 1.82) is 0 Å². The smallest absolute Gasteiger partial charge is 0.394 e. The second-order valence-corrected chi connectivity index (χ2v) is 20.0. The Hall–Kier alpha value is -3.32. The molecule has 0 aliphatic carbocycles. The van der Waals surface area contributed by atoms with Gasteiger partial charge >= 0.3 is 6.18 Å². The third kappa shape index (κ3) is 9.91. The number of allylic oxidation sites excluding steroid dienone is 2. The molecular weight excluding hydrogens is 876 g/mol. The number of pyridine rings is 1. The van der Waals surface area contributed by atoms with Gasteiger partial charge in [0.15, 0.2) is 5.78 Å². The fourth-order valence-corrected chi connectivity index (χ4v) is 10.5. The minimum atomic E-state index is -4.27. The van der Waals surface area contributed by atoms with E-state index in [0.717, 1.165) is 63.8 Å². The Morgan fingerprint density at radius 3 is 2.09 bits per heavy atom. The van der Waals surface area contributed by atoms with Gasteiger partial charge in [-0.15, -0.1) is 29.1 Å². The van der Waals surface area contributed by atoms with Crippen LogP contribution in [-0.2, 0) is 31.3 Å². The molecule has 3 aromatic carbocycles. The molecule has 8 heteroatoms. The van der Waals surface area contributed by atoms with Crippen LogP contribution < -0.4 is 5.19 Å². The molecule has 1 N–H and O–H groups in total. The van der Waals surface area contributed by atoms with Crippen LogP contribution in [0.5, 0.6) is 0 Å². The first-order chi connectivity index (χ1) is 25.3. The summed E-state index contributed by atoms with van der Waals surface area (Å²) in [6.45, 7) is 19.4. The molecule has 0 fully saturated rings. The van der Waals surface area contributed by atoms with Crippen LogP contribution in [0.4, 0.5) is 13.2 Å². The van der Waals surface area contributed by atoms with Crippen LogP contribution in [0.15, 0.2) is 78.7 Å². The van der Waals surface area contributed by atoms with Crippen molar-refractivity contribution in [1.82, 2.24) is 4.98 Å². The molecule has 0 spiro atoms. The van der Waals surface area contributed by atoms with E-state index in [1.807, 2.05) is 58.0 Å². The number of aliphatic hydroxyl groups is 1. The van der Waals surface area contributed by atoms with Gasteiger partial charge in [-0.1, -0.05) is 133 Å². The minimum Gasteiger partial charge on any atom is -0.512 e. The van der Waals surface area contributed by atoms with E-state index in [1.165, 1.54) is 30.9 Å². The van der Waals surface area contributed by atoms with Crippen LogP contribution in [-0.4, -0.2) is 30.1 Å². The average Bonchev–Trinajstić information content (AvgIpc) is 3.32. The Bertz CT molecular complexity index is 2010. The Balaban J connectivity index is 0.000000433. The van der Waals surface area contributed by atoms with E-state index in [2.05, 4.69) is 51.2 Å². The quantitative estimate of drug-likeness (QED) is 0.0666. The van der Waals surface area contributed by atoms with Crippen molar-refractivity contribution >= 4 is 41.1 Å². The first-order valence-corrected chi connectivity index (χ1v) is 22.1. The zero-order chi connectivity index (χ0) is 40.2. The summed E-state index contributed by atoms with van der Waals surface area (Å²) >= 11 is 0. The number of benzene rings is 3. The molecule has 1 aliphatic heterocycles. The summed E-state index contributed by atoms with van der Waals surface area (Å²) in [6, 6.07) is 23.8. The number of hydrogen-bond donors (Lipinski definition) is 1. The number of aromatic nitrogens is 1. The number of rotatable bonds is 12. The van der Waals surface area contributed by atoms with Gasteiger partial charge in [0.25, 0.3) is 0 Å². The van der Waals surface area contributed by atoms with Crippen LogP contribution in [0.25, 0.3) is 33.3 Å². The Morgan fingerprint density at radius 1 is 0.944 bits per heavy atom. The Kier molecular flexibility index (Phi) is 14.9. The monoisotopic (exact) mass is 934 g/mol. The topological polar surface area (TPSA) is 50.2 Å². The number of hydrogen-bond acceptors (Lipinski definition) is 3. The van der Waals surface area contributed by atoms with E-state index in [9.17, 15) is 24.4 Å². The van der Waals surface area contributed by atoms with Gasteiger partial charge in [-0.05, 0) is 66.0 Å². The van der Waals surface area contributed by atoms with Crippen LogP contribution >= 0.6 is 0 Å². The summed E-state index contributed by atoms with van der Waals surface area (Å²) in [5.74, 6) is 0.873. The van der Waals surface area contributed by atoms with Gasteiger partial charge in [-0.25, -0.2) is 0 Å². The van der Waals surface area contributed by atoms with Crippen molar-refractivity contribution in [3.05, 3.63) is 107 Å². The number of aliphatic hydroxyl groups excluding tert-OH is 1. The first-order valence-electron chi connectivity index (χ1n) is 19.6. The molecule has 293 valence electrons. The predicted molar refractivity (Wildman–Crippen MR) is 219 cm³/mol. The molecule has 54 heavy (non-hydrogen) atoms. The molecule has 1 aromatic heterocycles. The maximum absolute atomic E-state index is 13.4. The summed E-state index contributed by atoms with van der Waals surface area (Å²) in [5, 5.41) is 14.1. The van der Waals surface area contributed by atoms with E-state index in [0.29, 0.717) is 17.5 Å². The molecule has 4 aromatic rings. The molecular formula is C46H57F3IrNO2Si-. The van der Waals surface area contributed by atoms with Crippen LogP contribution in [0, 0.1) is 23.3 Å². The fraction of sp³-hybridized carbons (Fsp3) is 0.435. The number of nitrogens with zero attached hydrogens (tertiary/aromatic N) is 1. The van der Waals surface area contributed by atoms with Crippen LogP contribution in [0.2, 0.25) is 13.1 Å². The summed E-state index contributed by atoms with van der Waals surface area (Å²) in [7, 11) is -2.40. The SMILES string of the molecule is CCC(CC)C(=O)/C=C(\O)C(CC)CC.[2H]C1=C(c2ccc(CC(C)(C)C(F)(F)F)cc2)[Si](C)(C)c2c1ccnc2-c1[c-]c2ccccc2c(C(C)C)c1.[Ir]. The van der Waals surface area contributed by atoms with Crippen LogP contribution in [0.1, 0.15) is 111 Å². The molecule has 0 bridgehead atoms. The molecule has 1 aliphatic rings. The molecule has 2 heterocycles. The van der Waals surface area contributed by atoms with Gasteiger partial charge in [0.2, 0.25) is 0 Å². The second kappa shape index (κ2) is 18.5. The van der Waals surface area contributed by atoms with E-state index < -0.39 is 19.7 Å². The molecule has 0 unspecified atom stereocenters. The standard InChI is InChI=1S/C33H33F3NSi.C13H24O2.Ir/c1-21(2)28-18-26(17-24-9-7-8-10-27(24)28)30-31-25(15-16-37-30)19-29(38(31,5)6)23-13-11-22(12-14-23)20-32(3,4)33(34,35)36;1-5-10(6-2)12(14)9-13(15)11(7-3)8-4;/h7-16,18-19,21H,20H2,1-6H3;9-11,14H,5-8H2,1-4H3;/q-1;;/b;12-9-;/i19D;;. The maximum Gasteiger partial charge on any atom is 0.394 e. The number of carbonyl (C=O) groups is 1. The number of halogens is 3. The molecule has 0 atom stereocenters. The summed E-state index contributed by atoms with van der Waals surface area (Å²) < 4.78 is 49.5. The predicted octanol–water partition coefficient (Wildman–Crippen LogP) is 12.8. The van der Waals surface area contributed by atoms with Crippen LogP contribution in [0.3, 0.4) is 0 Å². The molecule has 0 saturated carbocycles. The van der Waals surface area contributed by atoms with Crippen molar-refractivity contribution in [3.8, 4) is 11.3 Å². The molecule has 3 nitrogen and oxygen atoms in total. The Labute approximate surface area is 337 Å². The summed E-state index contributed by atoms with van der Waals surface area (Å²) in [4.78, 5) is 16.6. The number of alkyl halides is 3. The van der Waals surface area contributed by atoms with Gasteiger partial charge in [-0.3, -0.25) is 9.78 Å². The van der Waals surface area contributed by atoms with Gasteiger partial charge < -0.3 is 5.11 Å². The number of fused-ring (bicyclic) bond motifs is 2. The van der Waals surface area contributed by atoms with Crippen molar-refractivity contribution in [2.45, 2.75) is 113 Å². The van der Waals surface area contributed by atoms with E-state index >= 15 is 0 Å².